The van der Waals surface area contributed by atoms with Crippen molar-refractivity contribution in [3.05, 3.63) is 46.3 Å². The zero-order valence-electron chi connectivity index (χ0n) is 11.3. The molecule has 0 radical (unpaired) electrons. The predicted molar refractivity (Wildman–Crippen MR) is 74.9 cm³/mol. The maximum Gasteiger partial charge on any atom is 0.333 e. The summed E-state index contributed by atoms with van der Waals surface area (Å²) in [5.74, 6) is 0.266. The molecule has 7 heteroatoms. The van der Waals surface area contributed by atoms with E-state index in [4.69, 9.17) is 4.74 Å². The number of H-pyrrole nitrogens is 1. The Hall–Kier alpha value is -2.57. The van der Waals surface area contributed by atoms with Crippen molar-refractivity contribution in [2.24, 2.45) is 0 Å². The first-order valence-corrected chi connectivity index (χ1v) is 6.29. The molecule has 0 aliphatic heterocycles. The van der Waals surface area contributed by atoms with Crippen molar-refractivity contribution < 1.29 is 9.66 Å². The van der Waals surface area contributed by atoms with Gasteiger partial charge in [0.1, 0.15) is 5.69 Å². The number of nitro benzene ring substituents is 1. The number of nitrogens with zero attached hydrogens (tertiary/aromatic N) is 2. The number of nitrogens with one attached hydrogen (secondary N) is 2. The van der Waals surface area contributed by atoms with Crippen LogP contribution in [0, 0.1) is 10.1 Å². The number of anilines is 1. The summed E-state index contributed by atoms with van der Waals surface area (Å²) in [5, 5.41) is 20.9. The zero-order chi connectivity index (χ0) is 14.5. The highest BCUT2D eigenvalue weighted by atomic mass is 16.6. The minimum absolute atomic E-state index is 0.0512. The summed E-state index contributed by atoms with van der Waals surface area (Å²) in [6.07, 6.45) is 3.42. The molecule has 0 saturated carbocycles. The third kappa shape index (κ3) is 2.87. The molecule has 1 heterocycles. The van der Waals surface area contributed by atoms with Crippen molar-refractivity contribution in [2.75, 3.05) is 11.9 Å². The lowest BCUT2D eigenvalue weighted by Gasteiger charge is -2.15. The van der Waals surface area contributed by atoms with Gasteiger partial charge in [0.25, 0.3) is 0 Å². The third-order valence-corrected chi connectivity index (χ3v) is 2.87. The van der Waals surface area contributed by atoms with E-state index in [9.17, 15) is 10.1 Å². The van der Waals surface area contributed by atoms with E-state index in [0.29, 0.717) is 12.3 Å². The highest BCUT2D eigenvalue weighted by Crippen LogP contribution is 2.36. The van der Waals surface area contributed by atoms with E-state index in [1.807, 2.05) is 6.92 Å². The van der Waals surface area contributed by atoms with Crippen molar-refractivity contribution in [3.63, 3.8) is 0 Å². The van der Waals surface area contributed by atoms with Gasteiger partial charge in [-0.25, -0.2) is 0 Å². The van der Waals surface area contributed by atoms with E-state index in [-0.39, 0.29) is 17.5 Å². The Morgan fingerprint density at radius 1 is 1.55 bits per heavy atom. The molecule has 1 aromatic heterocycles. The number of hydrogen-bond acceptors (Lipinski definition) is 5. The number of para-hydroxylation sites is 1. The van der Waals surface area contributed by atoms with Crippen LogP contribution >= 0.6 is 0 Å². The molecule has 1 unspecified atom stereocenters. The van der Waals surface area contributed by atoms with Crippen molar-refractivity contribution >= 4 is 11.4 Å². The quantitative estimate of drug-likeness (QED) is 0.625. The predicted octanol–water partition coefficient (Wildman–Crippen LogP) is 2.89. The molecule has 2 rings (SSSR count). The lowest BCUT2D eigenvalue weighted by atomic mass is 10.1. The van der Waals surface area contributed by atoms with Gasteiger partial charge in [-0.05, 0) is 26.0 Å². The van der Waals surface area contributed by atoms with Crippen LogP contribution in [0.3, 0.4) is 0 Å². The van der Waals surface area contributed by atoms with Gasteiger partial charge in [0.2, 0.25) is 0 Å². The fraction of sp³-hybridized carbons (Fsp3) is 0.308. The molecular weight excluding hydrogens is 260 g/mol. The summed E-state index contributed by atoms with van der Waals surface area (Å²) in [7, 11) is 0. The SMILES string of the molecule is CCOc1cccc(NC(C)c2cn[nH]c2)c1[N+](=O)[O-]. The first-order valence-electron chi connectivity index (χ1n) is 6.29. The van der Waals surface area contributed by atoms with Crippen molar-refractivity contribution in [2.45, 2.75) is 19.9 Å². The number of hydrogen-bond donors (Lipinski definition) is 2. The molecule has 7 nitrogen and oxygen atoms in total. The summed E-state index contributed by atoms with van der Waals surface area (Å²) in [4.78, 5) is 10.8. The maximum atomic E-state index is 11.3. The van der Waals surface area contributed by atoms with E-state index in [1.165, 1.54) is 0 Å². The average Bonchev–Trinajstić information content (AvgIpc) is 2.92. The Bertz CT molecular complexity index is 583. The Balaban J connectivity index is 2.31. The zero-order valence-corrected chi connectivity index (χ0v) is 11.3. The van der Waals surface area contributed by atoms with E-state index in [2.05, 4.69) is 15.5 Å². The molecule has 1 aromatic carbocycles. The second-order valence-electron chi connectivity index (χ2n) is 4.24. The highest BCUT2D eigenvalue weighted by Gasteiger charge is 2.22. The molecule has 20 heavy (non-hydrogen) atoms. The van der Waals surface area contributed by atoms with Crippen LogP contribution in [-0.2, 0) is 0 Å². The van der Waals surface area contributed by atoms with Crippen LogP contribution in [-0.4, -0.2) is 21.7 Å². The second-order valence-corrected chi connectivity index (χ2v) is 4.24. The molecule has 0 bridgehead atoms. The molecular formula is C13H16N4O3. The van der Waals surface area contributed by atoms with Gasteiger partial charge in [0.05, 0.1) is 23.8 Å². The van der Waals surface area contributed by atoms with Crippen LogP contribution in [0.2, 0.25) is 0 Å². The average molecular weight is 276 g/mol. The Morgan fingerprint density at radius 3 is 2.95 bits per heavy atom. The van der Waals surface area contributed by atoms with E-state index >= 15 is 0 Å². The molecule has 0 saturated heterocycles. The van der Waals surface area contributed by atoms with Gasteiger partial charge < -0.3 is 10.1 Å². The Kier molecular flexibility index (Phi) is 4.19. The lowest BCUT2D eigenvalue weighted by Crippen LogP contribution is -2.08. The summed E-state index contributed by atoms with van der Waals surface area (Å²) < 4.78 is 5.31. The van der Waals surface area contributed by atoms with Gasteiger partial charge in [0, 0.05) is 11.8 Å². The van der Waals surface area contributed by atoms with Crippen molar-refractivity contribution in [1.29, 1.82) is 0 Å². The molecule has 0 spiro atoms. The topological polar surface area (TPSA) is 93.1 Å². The van der Waals surface area contributed by atoms with Gasteiger partial charge in [-0.1, -0.05) is 6.07 Å². The second kappa shape index (κ2) is 6.05. The molecule has 2 N–H and O–H groups in total. The van der Waals surface area contributed by atoms with E-state index in [0.717, 1.165) is 5.56 Å². The molecule has 0 fully saturated rings. The van der Waals surface area contributed by atoms with Crippen LogP contribution in [0.15, 0.2) is 30.6 Å². The number of ether oxygens (including phenoxy) is 1. The van der Waals surface area contributed by atoms with Crippen LogP contribution in [0.25, 0.3) is 0 Å². The van der Waals surface area contributed by atoms with Gasteiger partial charge in [-0.3, -0.25) is 15.2 Å². The van der Waals surface area contributed by atoms with Gasteiger partial charge in [-0.2, -0.15) is 5.10 Å². The van der Waals surface area contributed by atoms with Crippen LogP contribution < -0.4 is 10.1 Å². The van der Waals surface area contributed by atoms with Gasteiger partial charge >= 0.3 is 5.69 Å². The first-order chi connectivity index (χ1) is 9.63. The van der Waals surface area contributed by atoms with Crippen LogP contribution in [0.1, 0.15) is 25.5 Å². The molecule has 1 atom stereocenters. The number of aromatic nitrogens is 2. The largest absolute Gasteiger partial charge is 0.487 e. The minimum Gasteiger partial charge on any atom is -0.487 e. The number of rotatable bonds is 6. The Labute approximate surface area is 116 Å². The minimum atomic E-state index is -0.435. The summed E-state index contributed by atoms with van der Waals surface area (Å²) in [6, 6.07) is 4.87. The fourth-order valence-corrected chi connectivity index (χ4v) is 1.91. The number of benzene rings is 1. The summed E-state index contributed by atoms with van der Waals surface area (Å²) in [5.41, 5.74) is 1.29. The normalized spacial score (nSPS) is 11.9. The van der Waals surface area contributed by atoms with Crippen molar-refractivity contribution in [3.8, 4) is 5.75 Å². The monoisotopic (exact) mass is 276 g/mol. The van der Waals surface area contributed by atoms with Gasteiger partial charge in [-0.15, -0.1) is 0 Å². The first kappa shape index (κ1) is 13.9. The third-order valence-electron chi connectivity index (χ3n) is 2.87. The Morgan fingerprint density at radius 2 is 2.35 bits per heavy atom. The van der Waals surface area contributed by atoms with Crippen LogP contribution in [0.4, 0.5) is 11.4 Å². The smallest absolute Gasteiger partial charge is 0.333 e. The number of nitro groups is 1. The molecule has 2 aromatic rings. The number of aromatic amines is 1. The molecule has 106 valence electrons. The molecule has 0 aliphatic carbocycles. The highest BCUT2D eigenvalue weighted by molar-refractivity contribution is 5.69. The molecule has 0 aliphatic rings. The standard InChI is InChI=1S/C13H16N4O3/c1-3-20-12-6-4-5-11(13(12)17(18)19)16-9(2)10-7-14-15-8-10/h4-9,16H,3H2,1-2H3,(H,14,15). The van der Waals surface area contributed by atoms with E-state index in [1.54, 1.807) is 37.5 Å². The summed E-state index contributed by atoms with van der Waals surface area (Å²) in [6.45, 7) is 4.07. The van der Waals surface area contributed by atoms with Crippen LogP contribution in [0.5, 0.6) is 5.75 Å². The van der Waals surface area contributed by atoms with Crippen molar-refractivity contribution in [1.82, 2.24) is 10.2 Å². The van der Waals surface area contributed by atoms with E-state index < -0.39 is 4.92 Å². The van der Waals surface area contributed by atoms with Gasteiger partial charge in [0.15, 0.2) is 5.75 Å². The fourth-order valence-electron chi connectivity index (χ4n) is 1.91. The maximum absolute atomic E-state index is 11.3. The molecule has 0 amide bonds. The lowest BCUT2D eigenvalue weighted by molar-refractivity contribution is -0.385. The summed E-state index contributed by atoms with van der Waals surface area (Å²) >= 11 is 0.